The van der Waals surface area contributed by atoms with E-state index in [9.17, 15) is 5.11 Å². The van der Waals surface area contributed by atoms with Gasteiger partial charge in [-0.15, -0.1) is 0 Å². The van der Waals surface area contributed by atoms with E-state index >= 15 is 0 Å². The number of aliphatic imine (C=N–C) groups is 1. The quantitative estimate of drug-likeness (QED) is 0.698. The van der Waals surface area contributed by atoms with Crippen molar-refractivity contribution in [3.8, 4) is 5.75 Å². The van der Waals surface area contributed by atoms with Crippen LogP contribution in [0.5, 0.6) is 5.75 Å². The lowest BCUT2D eigenvalue weighted by atomic mass is 10.0. The second-order valence-corrected chi connectivity index (χ2v) is 3.34. The fourth-order valence-electron chi connectivity index (χ4n) is 1.62. The number of hydrogen-bond acceptors (Lipinski definition) is 2. The van der Waals surface area contributed by atoms with Crippen molar-refractivity contribution >= 4 is 5.71 Å². The summed E-state index contributed by atoms with van der Waals surface area (Å²) >= 11 is 0. The van der Waals surface area contributed by atoms with Crippen LogP contribution >= 0.6 is 0 Å². The third-order valence-electron chi connectivity index (χ3n) is 2.30. The Kier molecular flexibility index (Phi) is 2.30. The largest absolute Gasteiger partial charge is 0.508 e. The van der Waals surface area contributed by atoms with E-state index in [-0.39, 0.29) is 0 Å². The van der Waals surface area contributed by atoms with Gasteiger partial charge in [0.25, 0.3) is 0 Å². The molecule has 0 unspecified atom stereocenters. The van der Waals surface area contributed by atoms with E-state index in [4.69, 9.17) is 0 Å². The van der Waals surface area contributed by atoms with Crippen LogP contribution in [0, 0.1) is 0 Å². The third kappa shape index (κ3) is 1.89. The molecule has 0 fully saturated rings. The Labute approximate surface area is 77.9 Å². The number of aromatic hydroxyl groups is 1. The summed E-state index contributed by atoms with van der Waals surface area (Å²) in [6.45, 7) is 0.936. The van der Waals surface area contributed by atoms with E-state index in [1.54, 1.807) is 12.1 Å². The maximum Gasteiger partial charge on any atom is 0.116 e. The zero-order valence-corrected chi connectivity index (χ0v) is 7.53. The van der Waals surface area contributed by atoms with Gasteiger partial charge in [0.15, 0.2) is 0 Å². The average molecular weight is 175 g/mol. The van der Waals surface area contributed by atoms with E-state index in [0.29, 0.717) is 5.75 Å². The molecule has 0 aromatic heterocycles. The lowest BCUT2D eigenvalue weighted by Gasteiger charge is -2.11. The molecule has 1 N–H and O–H groups in total. The normalized spacial score (nSPS) is 16.8. The zero-order chi connectivity index (χ0) is 9.10. The van der Waals surface area contributed by atoms with E-state index in [1.807, 2.05) is 12.1 Å². The fourth-order valence-corrected chi connectivity index (χ4v) is 1.62. The van der Waals surface area contributed by atoms with Crippen LogP contribution in [0.25, 0.3) is 0 Å². The van der Waals surface area contributed by atoms with Gasteiger partial charge in [-0.25, -0.2) is 0 Å². The zero-order valence-electron chi connectivity index (χ0n) is 7.53. The van der Waals surface area contributed by atoms with Crippen LogP contribution < -0.4 is 0 Å². The van der Waals surface area contributed by atoms with Gasteiger partial charge in [0.2, 0.25) is 0 Å². The maximum absolute atomic E-state index is 9.29. The first-order valence-corrected chi connectivity index (χ1v) is 4.69. The number of hydrogen-bond donors (Lipinski definition) is 1. The summed E-state index contributed by atoms with van der Waals surface area (Å²) in [4.78, 5) is 4.45. The van der Waals surface area contributed by atoms with Crippen molar-refractivity contribution < 1.29 is 5.11 Å². The molecule has 2 heteroatoms. The Balaban J connectivity index is 2.29. The van der Waals surface area contributed by atoms with E-state index in [0.717, 1.165) is 24.2 Å². The lowest BCUT2D eigenvalue weighted by molar-refractivity contribution is 0.475. The minimum Gasteiger partial charge on any atom is -0.508 e. The predicted octanol–water partition coefficient (Wildman–Crippen LogP) is 2.37. The van der Waals surface area contributed by atoms with Crippen LogP contribution in [-0.2, 0) is 0 Å². The van der Waals surface area contributed by atoms with Crippen molar-refractivity contribution in [2.45, 2.75) is 19.3 Å². The highest BCUT2D eigenvalue weighted by atomic mass is 16.3. The molecule has 0 bridgehead atoms. The number of rotatable bonds is 1. The summed E-state index contributed by atoms with van der Waals surface area (Å²) in [7, 11) is 0. The number of benzene rings is 1. The lowest BCUT2D eigenvalue weighted by Crippen LogP contribution is -2.07. The van der Waals surface area contributed by atoms with Crippen LogP contribution in [-0.4, -0.2) is 17.4 Å². The number of phenols is 1. The van der Waals surface area contributed by atoms with Crippen molar-refractivity contribution in [2.75, 3.05) is 6.54 Å². The molecule has 0 atom stereocenters. The molecule has 0 saturated heterocycles. The molecule has 2 nitrogen and oxygen atoms in total. The Morgan fingerprint density at radius 2 is 2.15 bits per heavy atom. The van der Waals surface area contributed by atoms with Crippen molar-refractivity contribution in [1.82, 2.24) is 0 Å². The van der Waals surface area contributed by atoms with Gasteiger partial charge in [0, 0.05) is 12.3 Å². The highest BCUT2D eigenvalue weighted by Gasteiger charge is 2.07. The molecule has 1 heterocycles. The Bertz CT molecular complexity index is 331. The van der Waals surface area contributed by atoms with Crippen LogP contribution in [0.3, 0.4) is 0 Å². The van der Waals surface area contributed by atoms with E-state index < -0.39 is 0 Å². The van der Waals surface area contributed by atoms with E-state index in [1.165, 1.54) is 12.8 Å². The summed E-state index contributed by atoms with van der Waals surface area (Å²) in [5, 5.41) is 9.29. The molecule has 1 aromatic rings. The van der Waals surface area contributed by atoms with Crippen molar-refractivity contribution in [2.24, 2.45) is 4.99 Å². The molecular formula is C11H13NO. The van der Waals surface area contributed by atoms with Gasteiger partial charge in [0.05, 0.1) is 0 Å². The first-order chi connectivity index (χ1) is 6.36. The molecule has 1 aliphatic rings. The minimum atomic E-state index is 0.325. The highest BCUT2D eigenvalue weighted by Crippen LogP contribution is 2.17. The first kappa shape index (κ1) is 8.30. The maximum atomic E-state index is 9.29. The highest BCUT2D eigenvalue weighted by molar-refractivity contribution is 6.01. The van der Waals surface area contributed by atoms with Crippen molar-refractivity contribution in [1.29, 1.82) is 0 Å². The van der Waals surface area contributed by atoms with Crippen LogP contribution in [0.4, 0.5) is 0 Å². The van der Waals surface area contributed by atoms with Crippen molar-refractivity contribution in [3.63, 3.8) is 0 Å². The Morgan fingerprint density at radius 3 is 2.85 bits per heavy atom. The summed E-state index contributed by atoms with van der Waals surface area (Å²) in [6.07, 6.45) is 3.46. The topological polar surface area (TPSA) is 32.6 Å². The SMILES string of the molecule is Oc1cccc(C2=NCCCC2)c1. The second kappa shape index (κ2) is 3.60. The predicted molar refractivity (Wildman–Crippen MR) is 53.4 cm³/mol. The molecule has 0 radical (unpaired) electrons. The molecule has 0 aliphatic carbocycles. The van der Waals surface area contributed by atoms with Gasteiger partial charge < -0.3 is 5.11 Å². The van der Waals surface area contributed by atoms with Gasteiger partial charge >= 0.3 is 0 Å². The molecular weight excluding hydrogens is 162 g/mol. The van der Waals surface area contributed by atoms with Crippen LogP contribution in [0.1, 0.15) is 24.8 Å². The third-order valence-corrected chi connectivity index (χ3v) is 2.30. The molecule has 0 amide bonds. The van der Waals surface area contributed by atoms with Gasteiger partial charge in [-0.05, 0) is 37.0 Å². The fraction of sp³-hybridized carbons (Fsp3) is 0.364. The standard InChI is InChI=1S/C11H13NO/c13-10-5-3-4-9(8-10)11-6-1-2-7-12-11/h3-5,8,13H,1-2,6-7H2. The Hall–Kier alpha value is -1.31. The molecule has 13 heavy (non-hydrogen) atoms. The van der Waals surface area contributed by atoms with Crippen molar-refractivity contribution in [3.05, 3.63) is 29.8 Å². The molecule has 2 rings (SSSR count). The average Bonchev–Trinajstić information content (AvgIpc) is 2.19. The summed E-state index contributed by atoms with van der Waals surface area (Å²) < 4.78 is 0. The number of phenolic OH excluding ortho intramolecular Hbond substituents is 1. The van der Waals surface area contributed by atoms with Gasteiger partial charge in [0.1, 0.15) is 5.75 Å². The summed E-state index contributed by atoms with van der Waals surface area (Å²) in [6, 6.07) is 7.34. The summed E-state index contributed by atoms with van der Waals surface area (Å²) in [5.74, 6) is 0.325. The first-order valence-electron chi connectivity index (χ1n) is 4.69. The molecule has 1 aliphatic heterocycles. The van der Waals surface area contributed by atoms with E-state index in [2.05, 4.69) is 4.99 Å². The van der Waals surface area contributed by atoms with Crippen LogP contribution in [0.2, 0.25) is 0 Å². The molecule has 0 spiro atoms. The molecule has 0 saturated carbocycles. The van der Waals surface area contributed by atoms with Gasteiger partial charge in [-0.1, -0.05) is 12.1 Å². The Morgan fingerprint density at radius 1 is 1.23 bits per heavy atom. The monoisotopic (exact) mass is 175 g/mol. The second-order valence-electron chi connectivity index (χ2n) is 3.34. The smallest absolute Gasteiger partial charge is 0.116 e. The summed E-state index contributed by atoms with van der Waals surface area (Å²) in [5.41, 5.74) is 2.21. The number of nitrogens with zero attached hydrogens (tertiary/aromatic N) is 1. The van der Waals surface area contributed by atoms with Gasteiger partial charge in [-0.2, -0.15) is 0 Å². The minimum absolute atomic E-state index is 0.325. The molecule has 68 valence electrons. The molecule has 1 aromatic carbocycles. The van der Waals surface area contributed by atoms with Gasteiger partial charge in [-0.3, -0.25) is 4.99 Å². The van der Waals surface area contributed by atoms with Crippen LogP contribution in [0.15, 0.2) is 29.3 Å².